The van der Waals surface area contributed by atoms with E-state index in [4.69, 9.17) is 9.47 Å². The molecule has 0 bridgehead atoms. The van der Waals surface area contributed by atoms with Crippen molar-refractivity contribution in [2.45, 2.75) is 20.0 Å². The number of hydrogen-bond acceptors (Lipinski definition) is 4. The largest absolute Gasteiger partial charge is 0.497 e. The van der Waals surface area contributed by atoms with Gasteiger partial charge in [0.2, 0.25) is 0 Å². The normalized spacial score (nSPS) is 11.8. The van der Waals surface area contributed by atoms with Crippen LogP contribution in [-0.2, 0) is 14.3 Å². The van der Waals surface area contributed by atoms with Gasteiger partial charge in [-0.25, -0.2) is 4.79 Å². The molecule has 2 aromatic carbocycles. The average Bonchev–Trinajstić information content (AvgIpc) is 2.61. The molecule has 0 aliphatic heterocycles. The van der Waals surface area contributed by atoms with Gasteiger partial charge in [-0.05, 0) is 61.4 Å². The number of esters is 1. The third-order valence-electron chi connectivity index (χ3n) is 3.57. The first-order chi connectivity index (χ1) is 12.4. The highest BCUT2D eigenvalue weighted by atomic mass is 79.9. The molecule has 5 nitrogen and oxygen atoms in total. The fourth-order valence-corrected chi connectivity index (χ4v) is 2.74. The third-order valence-corrected chi connectivity index (χ3v) is 4.26. The molecule has 0 unspecified atom stereocenters. The molecule has 1 amide bonds. The van der Waals surface area contributed by atoms with Gasteiger partial charge >= 0.3 is 5.97 Å². The summed E-state index contributed by atoms with van der Waals surface area (Å²) >= 11 is 3.44. The molecule has 2 rings (SSSR count). The predicted octanol–water partition coefficient (Wildman–Crippen LogP) is 4.35. The summed E-state index contributed by atoms with van der Waals surface area (Å²) in [6, 6.07) is 12.7. The van der Waals surface area contributed by atoms with Gasteiger partial charge in [-0.3, -0.25) is 4.79 Å². The smallest absolute Gasteiger partial charge is 0.331 e. The lowest BCUT2D eigenvalue weighted by molar-refractivity contribution is -0.148. The summed E-state index contributed by atoms with van der Waals surface area (Å²) in [6.07, 6.45) is 2.02. The minimum atomic E-state index is -0.921. The molecule has 6 heteroatoms. The Morgan fingerprint density at radius 1 is 1.15 bits per heavy atom. The van der Waals surface area contributed by atoms with Crippen molar-refractivity contribution in [1.82, 2.24) is 0 Å². The Kier molecular flexibility index (Phi) is 6.97. The van der Waals surface area contributed by atoms with Crippen molar-refractivity contribution < 1.29 is 19.1 Å². The van der Waals surface area contributed by atoms with Crippen LogP contribution in [0.3, 0.4) is 0 Å². The first-order valence-electron chi connectivity index (χ1n) is 7.99. The Labute approximate surface area is 161 Å². The maximum Gasteiger partial charge on any atom is 0.331 e. The number of methoxy groups -OCH3 is 1. The topological polar surface area (TPSA) is 64.6 Å². The van der Waals surface area contributed by atoms with Crippen LogP contribution in [0.4, 0.5) is 5.69 Å². The monoisotopic (exact) mass is 417 g/mol. The van der Waals surface area contributed by atoms with Gasteiger partial charge in [0.1, 0.15) is 5.75 Å². The van der Waals surface area contributed by atoms with Gasteiger partial charge in [0.05, 0.1) is 7.11 Å². The Bertz CT molecular complexity index is 815. The maximum atomic E-state index is 12.1. The van der Waals surface area contributed by atoms with Crippen LogP contribution in [-0.4, -0.2) is 25.1 Å². The number of anilines is 1. The van der Waals surface area contributed by atoms with Gasteiger partial charge in [-0.2, -0.15) is 0 Å². The standard InChI is InChI=1S/C20H20BrNO4/c1-13-4-5-15(18(21)12-13)6-11-19(23)26-14(2)20(24)22-16-7-9-17(25-3)10-8-16/h4-12,14H,1-3H3,(H,22,24)/b11-6+/t14-/m0/s1. The summed E-state index contributed by atoms with van der Waals surface area (Å²) in [4.78, 5) is 24.0. The zero-order valence-electron chi connectivity index (χ0n) is 14.8. The van der Waals surface area contributed by atoms with Gasteiger partial charge in [0.15, 0.2) is 6.10 Å². The number of benzene rings is 2. The van der Waals surface area contributed by atoms with E-state index < -0.39 is 18.0 Å². The molecule has 0 saturated carbocycles. The van der Waals surface area contributed by atoms with E-state index in [9.17, 15) is 9.59 Å². The number of rotatable bonds is 6. The van der Waals surface area contributed by atoms with Crippen molar-refractivity contribution >= 4 is 39.6 Å². The molecule has 0 aliphatic rings. The van der Waals surface area contributed by atoms with Gasteiger partial charge in [0.25, 0.3) is 5.91 Å². The number of carbonyl (C=O) groups excluding carboxylic acids is 2. The van der Waals surface area contributed by atoms with Crippen molar-refractivity contribution in [1.29, 1.82) is 0 Å². The summed E-state index contributed by atoms with van der Waals surface area (Å²) in [5.74, 6) is -0.307. The second-order valence-corrected chi connectivity index (χ2v) is 6.51. The molecule has 1 atom stereocenters. The van der Waals surface area contributed by atoms with Crippen LogP contribution in [0.1, 0.15) is 18.1 Å². The van der Waals surface area contributed by atoms with E-state index in [2.05, 4.69) is 21.2 Å². The van der Waals surface area contributed by atoms with E-state index >= 15 is 0 Å². The molecular formula is C20H20BrNO4. The Morgan fingerprint density at radius 3 is 2.46 bits per heavy atom. The first kappa shape index (κ1) is 19.7. The fraction of sp³-hybridized carbons (Fsp3) is 0.200. The van der Waals surface area contributed by atoms with Crippen LogP contribution in [0.5, 0.6) is 5.75 Å². The molecule has 1 N–H and O–H groups in total. The zero-order valence-corrected chi connectivity index (χ0v) is 16.4. The highest BCUT2D eigenvalue weighted by Crippen LogP contribution is 2.20. The van der Waals surface area contributed by atoms with Crippen LogP contribution in [0.15, 0.2) is 53.0 Å². The second-order valence-electron chi connectivity index (χ2n) is 5.66. The fourth-order valence-electron chi connectivity index (χ4n) is 2.11. The number of carbonyl (C=O) groups is 2. The lowest BCUT2D eigenvalue weighted by Crippen LogP contribution is -2.29. The third kappa shape index (κ3) is 5.74. The molecular weight excluding hydrogens is 398 g/mol. The number of ether oxygens (including phenoxy) is 2. The molecule has 0 heterocycles. The van der Waals surface area contributed by atoms with Gasteiger partial charge in [0, 0.05) is 16.2 Å². The van der Waals surface area contributed by atoms with Crippen molar-refractivity contribution in [3.8, 4) is 5.75 Å². The molecule has 0 fully saturated rings. The summed E-state index contributed by atoms with van der Waals surface area (Å²) in [5, 5.41) is 2.68. The van der Waals surface area contributed by atoms with Crippen molar-refractivity contribution in [3.63, 3.8) is 0 Å². The minimum Gasteiger partial charge on any atom is -0.497 e. The molecule has 0 radical (unpaired) electrons. The quantitative estimate of drug-likeness (QED) is 0.560. The lowest BCUT2D eigenvalue weighted by atomic mass is 10.1. The summed E-state index contributed by atoms with van der Waals surface area (Å²) in [5.41, 5.74) is 2.56. The highest BCUT2D eigenvalue weighted by Gasteiger charge is 2.16. The molecule has 0 aliphatic carbocycles. The molecule has 0 saturated heterocycles. The average molecular weight is 418 g/mol. The zero-order chi connectivity index (χ0) is 19.1. The van der Waals surface area contributed by atoms with Gasteiger partial charge in [-0.15, -0.1) is 0 Å². The SMILES string of the molecule is COc1ccc(NC(=O)[C@H](C)OC(=O)/C=C/c2ccc(C)cc2Br)cc1. The van der Waals surface area contributed by atoms with E-state index in [1.807, 2.05) is 25.1 Å². The number of amides is 1. The molecule has 2 aromatic rings. The highest BCUT2D eigenvalue weighted by molar-refractivity contribution is 9.10. The Morgan fingerprint density at radius 2 is 1.85 bits per heavy atom. The summed E-state index contributed by atoms with van der Waals surface area (Å²) < 4.78 is 11.1. The van der Waals surface area contributed by atoms with E-state index in [1.165, 1.54) is 13.0 Å². The molecule has 0 aromatic heterocycles. The lowest BCUT2D eigenvalue weighted by Gasteiger charge is -2.12. The Balaban J connectivity index is 1.90. The Hall–Kier alpha value is -2.60. The van der Waals surface area contributed by atoms with E-state index in [-0.39, 0.29) is 0 Å². The van der Waals surface area contributed by atoms with Crippen LogP contribution < -0.4 is 10.1 Å². The maximum absolute atomic E-state index is 12.1. The van der Waals surface area contributed by atoms with Crippen LogP contribution in [0.25, 0.3) is 6.08 Å². The van der Waals surface area contributed by atoms with Crippen LogP contribution in [0.2, 0.25) is 0 Å². The van der Waals surface area contributed by atoms with E-state index in [1.54, 1.807) is 37.5 Å². The van der Waals surface area contributed by atoms with E-state index in [0.717, 1.165) is 15.6 Å². The van der Waals surface area contributed by atoms with Crippen molar-refractivity contribution in [2.24, 2.45) is 0 Å². The first-order valence-corrected chi connectivity index (χ1v) is 8.78. The van der Waals surface area contributed by atoms with Crippen molar-refractivity contribution in [2.75, 3.05) is 12.4 Å². The van der Waals surface area contributed by atoms with E-state index in [0.29, 0.717) is 11.4 Å². The van der Waals surface area contributed by atoms with Crippen molar-refractivity contribution in [3.05, 3.63) is 64.1 Å². The number of aryl methyl sites for hydroxylation is 1. The minimum absolute atomic E-state index is 0.409. The second kappa shape index (κ2) is 9.20. The predicted molar refractivity (Wildman–Crippen MR) is 105 cm³/mol. The molecule has 0 spiro atoms. The van der Waals surface area contributed by atoms with Gasteiger partial charge < -0.3 is 14.8 Å². The summed E-state index contributed by atoms with van der Waals surface area (Å²) in [7, 11) is 1.57. The van der Waals surface area contributed by atoms with Crippen LogP contribution in [0, 0.1) is 6.92 Å². The number of nitrogens with one attached hydrogen (secondary N) is 1. The molecule has 26 heavy (non-hydrogen) atoms. The summed E-state index contributed by atoms with van der Waals surface area (Å²) in [6.45, 7) is 3.50. The number of halogens is 1. The van der Waals surface area contributed by atoms with Crippen LogP contribution >= 0.6 is 15.9 Å². The van der Waals surface area contributed by atoms with Gasteiger partial charge in [-0.1, -0.05) is 28.1 Å². The number of hydrogen-bond donors (Lipinski definition) is 1. The molecule has 136 valence electrons.